The third-order valence-electron chi connectivity index (χ3n) is 5.84. The molecule has 2 fully saturated rings. The van der Waals surface area contributed by atoms with Crippen LogP contribution in [0, 0.1) is 17.0 Å². The molecule has 172 valence electrons. The van der Waals surface area contributed by atoms with Crippen molar-refractivity contribution in [2.24, 2.45) is 0 Å². The van der Waals surface area contributed by atoms with Gasteiger partial charge in [-0.25, -0.2) is 8.42 Å². The van der Waals surface area contributed by atoms with Gasteiger partial charge >= 0.3 is 0 Å². The Kier molecular flexibility index (Phi) is 6.15. The SMILES string of the molecule is Cc1cc(C(=O)N2CCN(c3ccc(S(=O)(=O)N4CCCCC4)cc3[N+](=O)[O-])CC2)on1. The summed E-state index contributed by atoms with van der Waals surface area (Å²) < 4.78 is 32.3. The fourth-order valence-corrected chi connectivity index (χ4v) is 5.64. The van der Waals surface area contributed by atoms with Gasteiger partial charge < -0.3 is 14.3 Å². The minimum Gasteiger partial charge on any atom is -0.362 e. The Hall–Kier alpha value is -2.99. The van der Waals surface area contributed by atoms with Gasteiger partial charge in [0.1, 0.15) is 5.69 Å². The number of piperazine rings is 1. The van der Waals surface area contributed by atoms with Crippen molar-refractivity contribution in [2.45, 2.75) is 31.1 Å². The van der Waals surface area contributed by atoms with E-state index in [1.807, 2.05) is 0 Å². The maximum atomic E-state index is 12.9. The number of benzene rings is 1. The molecule has 4 rings (SSSR count). The third kappa shape index (κ3) is 4.32. The molecular weight excluding hydrogens is 438 g/mol. The van der Waals surface area contributed by atoms with Gasteiger partial charge in [0.05, 0.1) is 15.5 Å². The van der Waals surface area contributed by atoms with E-state index < -0.39 is 14.9 Å². The number of aryl methyl sites for hydroxylation is 1. The van der Waals surface area contributed by atoms with Gasteiger partial charge in [-0.2, -0.15) is 4.31 Å². The Balaban J connectivity index is 1.51. The van der Waals surface area contributed by atoms with Crippen LogP contribution >= 0.6 is 0 Å². The fraction of sp³-hybridized carbons (Fsp3) is 0.500. The number of piperidine rings is 1. The van der Waals surface area contributed by atoms with Crippen LogP contribution in [0.4, 0.5) is 11.4 Å². The van der Waals surface area contributed by atoms with E-state index in [1.54, 1.807) is 22.8 Å². The second-order valence-electron chi connectivity index (χ2n) is 7.98. The molecule has 12 heteroatoms. The summed E-state index contributed by atoms with van der Waals surface area (Å²) in [6.45, 7) is 4.03. The number of amides is 1. The normalized spacial score (nSPS) is 18.0. The topological polar surface area (TPSA) is 130 Å². The van der Waals surface area contributed by atoms with Crippen molar-refractivity contribution in [1.29, 1.82) is 0 Å². The first-order chi connectivity index (χ1) is 15.3. The summed E-state index contributed by atoms with van der Waals surface area (Å²) in [5.74, 6) is -0.114. The number of hydrogen-bond donors (Lipinski definition) is 0. The maximum Gasteiger partial charge on any atom is 0.293 e. The van der Waals surface area contributed by atoms with Gasteiger partial charge in [0.15, 0.2) is 0 Å². The lowest BCUT2D eigenvalue weighted by Gasteiger charge is -2.35. The molecule has 0 aliphatic carbocycles. The lowest BCUT2D eigenvalue weighted by atomic mass is 10.2. The van der Waals surface area contributed by atoms with Gasteiger partial charge in [-0.05, 0) is 31.9 Å². The molecular formula is C20H25N5O6S. The number of sulfonamides is 1. The van der Waals surface area contributed by atoms with Crippen molar-refractivity contribution >= 4 is 27.3 Å². The van der Waals surface area contributed by atoms with Crippen LogP contribution in [0.5, 0.6) is 0 Å². The zero-order chi connectivity index (χ0) is 22.9. The Morgan fingerprint density at radius 3 is 2.34 bits per heavy atom. The van der Waals surface area contributed by atoms with Crippen molar-refractivity contribution in [3.05, 3.63) is 45.8 Å². The largest absolute Gasteiger partial charge is 0.362 e. The molecule has 0 saturated carbocycles. The highest BCUT2D eigenvalue weighted by atomic mass is 32.2. The van der Waals surface area contributed by atoms with Gasteiger partial charge in [-0.3, -0.25) is 14.9 Å². The molecule has 0 N–H and O–H groups in total. The van der Waals surface area contributed by atoms with Crippen LogP contribution in [0.15, 0.2) is 33.7 Å². The second kappa shape index (κ2) is 8.87. The van der Waals surface area contributed by atoms with Crippen LogP contribution in [-0.4, -0.2) is 72.9 Å². The monoisotopic (exact) mass is 463 g/mol. The van der Waals surface area contributed by atoms with Crippen LogP contribution in [0.25, 0.3) is 0 Å². The second-order valence-corrected chi connectivity index (χ2v) is 9.92. The van der Waals surface area contributed by atoms with Crippen molar-refractivity contribution in [3.8, 4) is 0 Å². The number of nitro benzene ring substituents is 1. The third-order valence-corrected chi connectivity index (χ3v) is 7.74. The van der Waals surface area contributed by atoms with Crippen molar-refractivity contribution < 1.29 is 22.7 Å². The van der Waals surface area contributed by atoms with Crippen LogP contribution < -0.4 is 4.90 Å². The predicted octanol–water partition coefficient (Wildman–Crippen LogP) is 2.03. The van der Waals surface area contributed by atoms with Crippen LogP contribution in [-0.2, 0) is 10.0 Å². The molecule has 3 heterocycles. The average Bonchev–Trinajstić information content (AvgIpc) is 3.25. The quantitative estimate of drug-likeness (QED) is 0.486. The molecule has 0 unspecified atom stereocenters. The first-order valence-electron chi connectivity index (χ1n) is 10.5. The number of aromatic nitrogens is 1. The van der Waals surface area contributed by atoms with Crippen LogP contribution in [0.1, 0.15) is 35.5 Å². The highest BCUT2D eigenvalue weighted by molar-refractivity contribution is 7.89. The lowest BCUT2D eigenvalue weighted by Crippen LogP contribution is -2.48. The van der Waals surface area contributed by atoms with Crippen molar-refractivity contribution in [1.82, 2.24) is 14.4 Å². The molecule has 0 atom stereocenters. The number of rotatable bonds is 5. The number of hydrogen-bond acceptors (Lipinski definition) is 8. The van der Waals surface area contributed by atoms with E-state index in [9.17, 15) is 23.3 Å². The molecule has 0 spiro atoms. The highest BCUT2D eigenvalue weighted by Gasteiger charge is 2.31. The molecule has 0 bridgehead atoms. The molecule has 2 aromatic rings. The smallest absolute Gasteiger partial charge is 0.293 e. The van der Waals surface area contributed by atoms with Gasteiger partial charge in [0, 0.05) is 51.4 Å². The summed E-state index contributed by atoms with van der Waals surface area (Å²) in [4.78, 5) is 27.1. The Bertz CT molecular complexity index is 1120. The minimum absolute atomic E-state index is 0.0654. The first-order valence-corrected chi connectivity index (χ1v) is 12.0. The summed E-state index contributed by atoms with van der Waals surface area (Å²) >= 11 is 0. The molecule has 2 saturated heterocycles. The summed E-state index contributed by atoms with van der Waals surface area (Å²) in [6, 6.07) is 5.64. The molecule has 1 aromatic carbocycles. The highest BCUT2D eigenvalue weighted by Crippen LogP contribution is 2.33. The van der Waals surface area contributed by atoms with Crippen molar-refractivity contribution in [3.63, 3.8) is 0 Å². The zero-order valence-electron chi connectivity index (χ0n) is 17.8. The van der Waals surface area contributed by atoms with E-state index in [4.69, 9.17) is 4.52 Å². The Labute approximate surface area is 185 Å². The minimum atomic E-state index is -3.77. The molecule has 1 aromatic heterocycles. The van der Waals surface area contributed by atoms with E-state index in [-0.39, 0.29) is 22.3 Å². The van der Waals surface area contributed by atoms with E-state index >= 15 is 0 Å². The average molecular weight is 464 g/mol. The van der Waals surface area contributed by atoms with Crippen LogP contribution in [0.2, 0.25) is 0 Å². The number of carbonyl (C=O) groups excluding carboxylic acids is 1. The molecule has 11 nitrogen and oxygen atoms in total. The molecule has 32 heavy (non-hydrogen) atoms. The standard InChI is InChI=1S/C20H25N5O6S/c1-15-13-19(31-21-15)20(26)23-11-9-22(10-12-23)17-6-5-16(14-18(17)25(27)28)32(29,30)24-7-3-2-4-8-24/h5-6,13-14H,2-4,7-12H2,1H3. The molecule has 2 aliphatic heterocycles. The first kappa shape index (κ1) is 22.2. The molecule has 0 radical (unpaired) electrons. The number of nitrogens with zero attached hydrogens (tertiary/aromatic N) is 5. The molecule has 1 amide bonds. The summed E-state index contributed by atoms with van der Waals surface area (Å²) in [7, 11) is -3.77. The number of nitro groups is 1. The summed E-state index contributed by atoms with van der Waals surface area (Å²) in [5.41, 5.74) is 0.700. The zero-order valence-corrected chi connectivity index (χ0v) is 18.6. The van der Waals surface area contributed by atoms with Crippen molar-refractivity contribution in [2.75, 3.05) is 44.2 Å². The summed E-state index contributed by atoms with van der Waals surface area (Å²) in [5, 5.41) is 15.5. The Morgan fingerprint density at radius 1 is 1.06 bits per heavy atom. The van der Waals surface area contributed by atoms with Gasteiger partial charge in [-0.1, -0.05) is 11.6 Å². The van der Waals surface area contributed by atoms with Gasteiger partial charge in [0.25, 0.3) is 11.6 Å². The van der Waals surface area contributed by atoms with E-state index in [0.717, 1.165) is 25.3 Å². The molecule has 2 aliphatic rings. The fourth-order valence-electron chi connectivity index (χ4n) is 4.10. The van der Waals surface area contributed by atoms with Gasteiger partial charge in [-0.15, -0.1) is 0 Å². The maximum absolute atomic E-state index is 12.9. The van der Waals surface area contributed by atoms with Gasteiger partial charge in [0.2, 0.25) is 15.8 Å². The van der Waals surface area contributed by atoms with E-state index in [1.165, 1.54) is 16.4 Å². The van der Waals surface area contributed by atoms with Crippen LogP contribution in [0.3, 0.4) is 0 Å². The number of anilines is 1. The van der Waals surface area contributed by atoms with E-state index in [0.29, 0.717) is 50.6 Å². The predicted molar refractivity (Wildman–Crippen MR) is 115 cm³/mol. The van der Waals surface area contributed by atoms with E-state index in [2.05, 4.69) is 5.16 Å². The Morgan fingerprint density at radius 2 is 1.75 bits per heavy atom. The lowest BCUT2D eigenvalue weighted by molar-refractivity contribution is -0.384. The summed E-state index contributed by atoms with van der Waals surface area (Å²) in [6.07, 6.45) is 2.56. The number of carbonyl (C=O) groups is 1.